The summed E-state index contributed by atoms with van der Waals surface area (Å²) in [6.45, 7) is 0. The first-order valence-corrected chi connectivity index (χ1v) is 5.16. The fraction of sp³-hybridized carbons (Fsp3) is 0.0769. The van der Waals surface area contributed by atoms with Gasteiger partial charge in [0.15, 0.2) is 0 Å². The van der Waals surface area contributed by atoms with Gasteiger partial charge in [-0.25, -0.2) is 13.6 Å². The van der Waals surface area contributed by atoms with Crippen molar-refractivity contribution in [2.24, 2.45) is 0 Å². The largest absolute Gasteiger partial charge is 0.478 e. The molecule has 92 valence electrons. The van der Waals surface area contributed by atoms with Crippen molar-refractivity contribution in [2.75, 3.05) is 0 Å². The van der Waals surface area contributed by atoms with Crippen molar-refractivity contribution in [3.05, 3.63) is 53.9 Å². The second-order valence-electron chi connectivity index (χ2n) is 3.66. The van der Waals surface area contributed by atoms with Crippen LogP contribution in [-0.2, 0) is 0 Å². The molecule has 0 saturated carbocycles. The molecule has 0 bridgehead atoms. The average molecular weight is 249 g/mol. The number of carboxylic acids is 1. The van der Waals surface area contributed by atoms with E-state index < -0.39 is 12.4 Å². The lowest BCUT2D eigenvalue weighted by molar-refractivity contribution is 0.0697. The van der Waals surface area contributed by atoms with Gasteiger partial charge in [-0.3, -0.25) is 4.98 Å². The maximum Gasteiger partial charge on any atom is 0.335 e. The maximum atomic E-state index is 12.5. The molecule has 0 atom stereocenters. The zero-order valence-corrected chi connectivity index (χ0v) is 9.18. The number of rotatable bonds is 3. The van der Waals surface area contributed by atoms with Crippen LogP contribution < -0.4 is 0 Å². The van der Waals surface area contributed by atoms with E-state index in [9.17, 15) is 13.6 Å². The number of hydrogen-bond acceptors (Lipinski definition) is 2. The van der Waals surface area contributed by atoms with Gasteiger partial charge in [0.1, 0.15) is 5.69 Å². The quantitative estimate of drug-likeness (QED) is 0.907. The summed E-state index contributed by atoms with van der Waals surface area (Å²) in [5.41, 5.74) is 0.874. The monoisotopic (exact) mass is 249 g/mol. The minimum Gasteiger partial charge on any atom is -0.478 e. The highest BCUT2D eigenvalue weighted by molar-refractivity contribution is 5.89. The minimum atomic E-state index is -2.65. The Kier molecular flexibility index (Phi) is 3.32. The number of halogens is 2. The molecule has 2 rings (SSSR count). The molecular formula is C13H9F2NO2. The third-order valence-electron chi connectivity index (χ3n) is 2.45. The molecule has 0 unspecified atom stereocenters. The summed E-state index contributed by atoms with van der Waals surface area (Å²) in [6, 6.07) is 8.94. The van der Waals surface area contributed by atoms with Crippen LogP contribution in [0.5, 0.6) is 0 Å². The highest BCUT2D eigenvalue weighted by Crippen LogP contribution is 2.24. The number of pyridine rings is 1. The molecule has 5 heteroatoms. The molecule has 1 aromatic carbocycles. The highest BCUT2D eigenvalue weighted by Gasteiger charge is 2.10. The molecule has 2 aromatic rings. The summed E-state index contributed by atoms with van der Waals surface area (Å²) in [7, 11) is 0. The van der Waals surface area contributed by atoms with Crippen LogP contribution in [0.1, 0.15) is 22.5 Å². The molecule has 0 fully saturated rings. The van der Waals surface area contributed by atoms with Crippen LogP contribution in [0, 0.1) is 0 Å². The van der Waals surface area contributed by atoms with E-state index in [2.05, 4.69) is 4.98 Å². The van der Waals surface area contributed by atoms with Gasteiger partial charge in [-0.2, -0.15) is 0 Å². The Bertz CT molecular complexity index is 585. The predicted molar refractivity (Wildman–Crippen MR) is 61.6 cm³/mol. The normalized spacial score (nSPS) is 10.6. The Labute approximate surface area is 102 Å². The number of alkyl halides is 2. The highest BCUT2D eigenvalue weighted by atomic mass is 19.3. The summed E-state index contributed by atoms with van der Waals surface area (Å²) < 4.78 is 25.0. The number of benzene rings is 1. The molecule has 0 saturated heterocycles. The Balaban J connectivity index is 2.45. The van der Waals surface area contributed by atoms with Gasteiger partial charge < -0.3 is 5.11 Å². The molecule has 18 heavy (non-hydrogen) atoms. The minimum absolute atomic E-state index is 0.114. The van der Waals surface area contributed by atoms with Gasteiger partial charge in [0.2, 0.25) is 0 Å². The molecule has 3 nitrogen and oxygen atoms in total. The lowest BCUT2D eigenvalue weighted by Gasteiger charge is -2.05. The fourth-order valence-corrected chi connectivity index (χ4v) is 1.58. The Morgan fingerprint density at radius 2 is 1.89 bits per heavy atom. The standard InChI is InChI=1S/C13H9F2NO2/c14-12(15)11-7-9(4-5-16-11)8-2-1-3-10(6-8)13(17)18/h1-7,12H,(H,17,18). The van der Waals surface area contributed by atoms with E-state index in [0.29, 0.717) is 11.1 Å². The number of aromatic carboxylic acids is 1. The Morgan fingerprint density at radius 1 is 1.17 bits per heavy atom. The topological polar surface area (TPSA) is 50.2 Å². The van der Waals surface area contributed by atoms with Crippen LogP contribution in [0.2, 0.25) is 0 Å². The van der Waals surface area contributed by atoms with Gasteiger partial charge >= 0.3 is 5.97 Å². The van der Waals surface area contributed by atoms with Gasteiger partial charge in [-0.05, 0) is 35.4 Å². The number of carboxylic acid groups (broad SMARTS) is 1. The zero-order chi connectivity index (χ0) is 13.1. The Morgan fingerprint density at radius 3 is 2.56 bits per heavy atom. The van der Waals surface area contributed by atoms with E-state index in [4.69, 9.17) is 5.11 Å². The first-order valence-electron chi connectivity index (χ1n) is 5.16. The van der Waals surface area contributed by atoms with Crippen molar-refractivity contribution < 1.29 is 18.7 Å². The zero-order valence-electron chi connectivity index (χ0n) is 9.18. The van der Waals surface area contributed by atoms with E-state index in [1.54, 1.807) is 18.2 Å². The maximum absolute atomic E-state index is 12.5. The number of nitrogens with zero attached hydrogens (tertiary/aromatic N) is 1. The van der Waals surface area contributed by atoms with E-state index in [1.807, 2.05) is 0 Å². The smallest absolute Gasteiger partial charge is 0.335 e. The molecule has 1 heterocycles. The molecule has 1 N–H and O–H groups in total. The second kappa shape index (κ2) is 4.91. The molecule has 0 aliphatic heterocycles. The Hall–Kier alpha value is -2.30. The van der Waals surface area contributed by atoms with Crippen molar-refractivity contribution in [1.82, 2.24) is 4.98 Å². The number of hydrogen-bond donors (Lipinski definition) is 1. The first kappa shape index (κ1) is 12.2. The van der Waals surface area contributed by atoms with Crippen molar-refractivity contribution in [1.29, 1.82) is 0 Å². The summed E-state index contributed by atoms with van der Waals surface area (Å²) in [5.74, 6) is -1.06. The average Bonchev–Trinajstić information content (AvgIpc) is 2.39. The second-order valence-corrected chi connectivity index (χ2v) is 3.66. The van der Waals surface area contributed by atoms with Gasteiger partial charge in [0.25, 0.3) is 6.43 Å². The molecule has 0 radical (unpaired) electrons. The third kappa shape index (κ3) is 2.51. The summed E-state index contributed by atoms with van der Waals surface area (Å²) >= 11 is 0. The van der Waals surface area contributed by atoms with Gasteiger partial charge in [0.05, 0.1) is 5.56 Å². The SMILES string of the molecule is O=C(O)c1cccc(-c2ccnc(C(F)F)c2)c1. The van der Waals surface area contributed by atoms with Crippen LogP contribution in [0.4, 0.5) is 8.78 Å². The van der Waals surface area contributed by atoms with E-state index in [-0.39, 0.29) is 11.3 Å². The lowest BCUT2D eigenvalue weighted by atomic mass is 10.0. The molecule has 0 aliphatic carbocycles. The molecule has 0 aliphatic rings. The number of carbonyl (C=O) groups is 1. The van der Waals surface area contributed by atoms with Crippen molar-refractivity contribution >= 4 is 5.97 Å². The lowest BCUT2D eigenvalue weighted by Crippen LogP contribution is -1.96. The molecular weight excluding hydrogens is 240 g/mol. The summed E-state index contributed by atoms with van der Waals surface area (Å²) in [5, 5.41) is 8.87. The fourth-order valence-electron chi connectivity index (χ4n) is 1.58. The number of aromatic nitrogens is 1. The van der Waals surface area contributed by atoms with Crippen LogP contribution in [0.25, 0.3) is 11.1 Å². The first-order chi connectivity index (χ1) is 8.58. The molecule has 1 aromatic heterocycles. The van der Waals surface area contributed by atoms with Gasteiger partial charge in [-0.15, -0.1) is 0 Å². The summed E-state index contributed by atoms with van der Waals surface area (Å²) in [4.78, 5) is 14.4. The third-order valence-corrected chi connectivity index (χ3v) is 2.45. The van der Waals surface area contributed by atoms with Gasteiger partial charge in [0, 0.05) is 6.20 Å². The van der Waals surface area contributed by atoms with E-state index >= 15 is 0 Å². The van der Waals surface area contributed by atoms with Gasteiger partial charge in [-0.1, -0.05) is 12.1 Å². The van der Waals surface area contributed by atoms with Crippen molar-refractivity contribution in [3.63, 3.8) is 0 Å². The van der Waals surface area contributed by atoms with E-state index in [1.165, 1.54) is 24.4 Å². The van der Waals surface area contributed by atoms with Crippen LogP contribution in [-0.4, -0.2) is 16.1 Å². The molecule has 0 spiro atoms. The van der Waals surface area contributed by atoms with Crippen LogP contribution in [0.15, 0.2) is 42.6 Å². The summed E-state index contributed by atoms with van der Waals surface area (Å²) in [6.07, 6.45) is -1.36. The van der Waals surface area contributed by atoms with Crippen molar-refractivity contribution in [2.45, 2.75) is 6.43 Å². The van der Waals surface area contributed by atoms with Crippen molar-refractivity contribution in [3.8, 4) is 11.1 Å². The van der Waals surface area contributed by atoms with Crippen LogP contribution >= 0.6 is 0 Å². The molecule has 0 amide bonds. The van der Waals surface area contributed by atoms with E-state index in [0.717, 1.165) is 0 Å². The van der Waals surface area contributed by atoms with Crippen LogP contribution in [0.3, 0.4) is 0 Å². The predicted octanol–water partition coefficient (Wildman–Crippen LogP) is 3.38.